The Hall–Kier alpha value is -3.10. The molecule has 8 nitrogen and oxygen atoms in total. The van der Waals surface area contributed by atoms with E-state index >= 15 is 0 Å². The molecule has 0 amide bonds. The second kappa shape index (κ2) is 9.80. The summed E-state index contributed by atoms with van der Waals surface area (Å²) in [7, 11) is 3.19. The van der Waals surface area contributed by atoms with Crippen molar-refractivity contribution in [3.05, 3.63) is 63.3 Å². The average molecular weight is 472 g/mol. The molecular formula is C24H26ClN3O5. The molecule has 2 atom stereocenters. The molecule has 0 N–H and O–H groups in total. The number of methoxy groups -OCH3 is 2. The molecule has 1 aromatic heterocycles. The third kappa shape index (κ3) is 4.67. The topological polar surface area (TPSA) is 87.0 Å². The minimum absolute atomic E-state index is 0.00105. The number of pyridine rings is 1. The van der Waals surface area contributed by atoms with Crippen LogP contribution >= 0.6 is 11.6 Å². The van der Waals surface area contributed by atoms with Gasteiger partial charge in [0.25, 0.3) is 0 Å². The van der Waals surface area contributed by atoms with Gasteiger partial charge < -0.3 is 19.1 Å². The zero-order valence-electron chi connectivity index (χ0n) is 18.8. The van der Waals surface area contributed by atoms with E-state index in [1.807, 2.05) is 49.4 Å². The van der Waals surface area contributed by atoms with Crippen LogP contribution in [0.5, 0.6) is 11.5 Å². The van der Waals surface area contributed by atoms with Crippen LogP contribution in [0.1, 0.15) is 25.3 Å². The molecule has 1 aliphatic heterocycles. The second-order valence-corrected chi connectivity index (χ2v) is 8.40. The van der Waals surface area contributed by atoms with Gasteiger partial charge in [0.1, 0.15) is 17.2 Å². The van der Waals surface area contributed by atoms with Gasteiger partial charge in [0.2, 0.25) is 5.15 Å². The van der Waals surface area contributed by atoms with Gasteiger partial charge in [0.15, 0.2) is 0 Å². The van der Waals surface area contributed by atoms with Gasteiger partial charge in [0, 0.05) is 36.2 Å². The molecule has 33 heavy (non-hydrogen) atoms. The molecule has 9 heteroatoms. The van der Waals surface area contributed by atoms with E-state index < -0.39 is 4.92 Å². The summed E-state index contributed by atoms with van der Waals surface area (Å²) in [6, 6.07) is 12.9. The van der Waals surface area contributed by atoms with Gasteiger partial charge in [-0.05, 0) is 38.0 Å². The predicted molar refractivity (Wildman–Crippen MR) is 128 cm³/mol. The van der Waals surface area contributed by atoms with Crippen molar-refractivity contribution >= 4 is 33.9 Å². The van der Waals surface area contributed by atoms with Gasteiger partial charge in [-0.1, -0.05) is 29.8 Å². The molecule has 4 rings (SSSR count). The molecule has 1 fully saturated rings. The fourth-order valence-electron chi connectivity index (χ4n) is 4.42. The van der Waals surface area contributed by atoms with E-state index in [-0.39, 0.29) is 23.0 Å². The molecule has 0 radical (unpaired) electrons. The van der Waals surface area contributed by atoms with Crippen LogP contribution < -0.4 is 14.4 Å². The van der Waals surface area contributed by atoms with Crippen LogP contribution in [-0.4, -0.2) is 42.9 Å². The van der Waals surface area contributed by atoms with Crippen LogP contribution in [0.15, 0.2) is 42.5 Å². The SMILES string of the molecule is COc1ccc(CN(c2c([N+](=O)[O-])c(Cl)nc3ccccc23)[C@@H]2CCO[C@H](C)C2)c(OC)c1. The quantitative estimate of drug-likeness (QED) is 0.259. The summed E-state index contributed by atoms with van der Waals surface area (Å²) >= 11 is 6.37. The summed E-state index contributed by atoms with van der Waals surface area (Å²) in [5.41, 5.74) is 1.76. The average Bonchev–Trinajstić information content (AvgIpc) is 2.81. The molecule has 1 aliphatic rings. The number of anilines is 1. The predicted octanol–water partition coefficient (Wildman–Crippen LogP) is 5.39. The summed E-state index contributed by atoms with van der Waals surface area (Å²) in [4.78, 5) is 18.1. The normalized spacial score (nSPS) is 18.2. The Kier molecular flexibility index (Phi) is 6.85. The molecular weight excluding hydrogens is 446 g/mol. The summed E-state index contributed by atoms with van der Waals surface area (Å²) in [5.74, 6) is 1.32. The molecule has 1 saturated heterocycles. The molecule has 0 spiro atoms. The van der Waals surface area contributed by atoms with Crippen molar-refractivity contribution in [3.63, 3.8) is 0 Å². The number of nitro groups is 1. The summed E-state index contributed by atoms with van der Waals surface area (Å²) in [6.45, 7) is 2.98. The van der Waals surface area contributed by atoms with Gasteiger partial charge in [-0.25, -0.2) is 4.98 Å². The third-order valence-corrected chi connectivity index (χ3v) is 6.26. The largest absolute Gasteiger partial charge is 0.497 e. The summed E-state index contributed by atoms with van der Waals surface area (Å²) in [5, 5.41) is 12.7. The Bertz CT molecular complexity index is 1170. The van der Waals surface area contributed by atoms with E-state index in [0.29, 0.717) is 41.2 Å². The van der Waals surface area contributed by atoms with Crippen LogP contribution in [0.3, 0.4) is 0 Å². The van der Waals surface area contributed by atoms with Crippen molar-refractivity contribution < 1.29 is 19.1 Å². The van der Waals surface area contributed by atoms with Crippen LogP contribution in [0, 0.1) is 10.1 Å². The van der Waals surface area contributed by atoms with Crippen molar-refractivity contribution in [2.75, 3.05) is 25.7 Å². The highest BCUT2D eigenvalue weighted by Gasteiger charge is 2.34. The number of fused-ring (bicyclic) bond motifs is 1. The molecule has 0 bridgehead atoms. The molecule has 2 aromatic carbocycles. The Morgan fingerprint density at radius 3 is 2.73 bits per heavy atom. The lowest BCUT2D eigenvalue weighted by molar-refractivity contribution is -0.384. The van der Waals surface area contributed by atoms with Crippen molar-refractivity contribution in [2.24, 2.45) is 0 Å². The maximum atomic E-state index is 12.2. The number of nitrogens with zero attached hydrogens (tertiary/aromatic N) is 3. The minimum atomic E-state index is -0.446. The van der Waals surface area contributed by atoms with Crippen LogP contribution in [-0.2, 0) is 11.3 Å². The smallest absolute Gasteiger partial charge is 0.330 e. The number of aromatic nitrogens is 1. The highest BCUT2D eigenvalue weighted by molar-refractivity contribution is 6.33. The minimum Gasteiger partial charge on any atom is -0.497 e. The number of rotatable bonds is 7. The Morgan fingerprint density at radius 2 is 2.03 bits per heavy atom. The van der Waals surface area contributed by atoms with E-state index in [1.165, 1.54) is 0 Å². The van der Waals surface area contributed by atoms with Gasteiger partial charge in [0.05, 0.1) is 30.8 Å². The highest BCUT2D eigenvalue weighted by Crippen LogP contribution is 2.43. The van der Waals surface area contributed by atoms with Gasteiger partial charge >= 0.3 is 5.69 Å². The Balaban J connectivity index is 1.92. The molecule has 2 heterocycles. The summed E-state index contributed by atoms with van der Waals surface area (Å²) < 4.78 is 16.7. The first-order valence-corrected chi connectivity index (χ1v) is 11.1. The van der Waals surface area contributed by atoms with Crippen molar-refractivity contribution in [1.82, 2.24) is 4.98 Å². The second-order valence-electron chi connectivity index (χ2n) is 8.04. The molecule has 0 unspecified atom stereocenters. The fourth-order valence-corrected chi connectivity index (χ4v) is 4.67. The first-order valence-electron chi connectivity index (χ1n) is 10.7. The maximum Gasteiger partial charge on any atom is 0.330 e. The summed E-state index contributed by atoms with van der Waals surface area (Å²) in [6.07, 6.45) is 1.49. The lowest BCUT2D eigenvalue weighted by Crippen LogP contribution is -2.42. The number of ether oxygens (including phenoxy) is 3. The van der Waals surface area contributed by atoms with Gasteiger partial charge in [-0.3, -0.25) is 10.1 Å². The molecule has 0 aliphatic carbocycles. The number of benzene rings is 2. The highest BCUT2D eigenvalue weighted by atomic mass is 35.5. The van der Waals surface area contributed by atoms with E-state index in [0.717, 1.165) is 18.4 Å². The van der Waals surface area contributed by atoms with Gasteiger partial charge in [-0.15, -0.1) is 0 Å². The third-order valence-electron chi connectivity index (χ3n) is 6.00. The van der Waals surface area contributed by atoms with E-state index in [1.54, 1.807) is 14.2 Å². The van der Waals surface area contributed by atoms with Crippen molar-refractivity contribution in [2.45, 2.75) is 38.5 Å². The number of halogens is 1. The lowest BCUT2D eigenvalue weighted by Gasteiger charge is -2.38. The number of hydrogen-bond acceptors (Lipinski definition) is 7. The molecule has 0 saturated carbocycles. The van der Waals surface area contributed by atoms with Crippen molar-refractivity contribution in [3.8, 4) is 11.5 Å². The van der Waals surface area contributed by atoms with Crippen molar-refractivity contribution in [1.29, 1.82) is 0 Å². The Morgan fingerprint density at radius 1 is 1.24 bits per heavy atom. The maximum absolute atomic E-state index is 12.2. The van der Waals surface area contributed by atoms with Gasteiger partial charge in [-0.2, -0.15) is 0 Å². The Labute approximate surface area is 197 Å². The zero-order chi connectivity index (χ0) is 23.5. The van der Waals surface area contributed by atoms with E-state index in [9.17, 15) is 10.1 Å². The standard InChI is InChI=1S/C24H26ClN3O5/c1-15-12-17(10-11-33-15)27(14-16-8-9-18(31-2)13-21(16)32-3)22-19-6-4-5-7-20(19)26-24(25)23(22)28(29)30/h4-9,13,15,17H,10-12,14H2,1-3H3/t15-,17-/m1/s1. The number of hydrogen-bond donors (Lipinski definition) is 0. The van der Waals surface area contributed by atoms with Crippen LogP contribution in [0.2, 0.25) is 5.15 Å². The first-order chi connectivity index (χ1) is 15.9. The zero-order valence-corrected chi connectivity index (χ0v) is 19.5. The molecule has 174 valence electrons. The van der Waals surface area contributed by atoms with E-state index in [2.05, 4.69) is 9.88 Å². The molecule has 3 aromatic rings. The monoisotopic (exact) mass is 471 g/mol. The fraction of sp³-hybridized carbons (Fsp3) is 0.375. The van der Waals surface area contributed by atoms with Crippen LogP contribution in [0.25, 0.3) is 10.9 Å². The first kappa shape index (κ1) is 23.1. The number of para-hydroxylation sites is 1. The lowest BCUT2D eigenvalue weighted by atomic mass is 9.99. The van der Waals surface area contributed by atoms with Crippen LogP contribution in [0.4, 0.5) is 11.4 Å². The van der Waals surface area contributed by atoms with E-state index in [4.69, 9.17) is 25.8 Å².